The maximum atomic E-state index is 12.9. The van der Waals surface area contributed by atoms with Crippen LogP contribution in [0.15, 0.2) is 27.4 Å². The van der Waals surface area contributed by atoms with Gasteiger partial charge in [0, 0.05) is 12.1 Å². The van der Waals surface area contributed by atoms with Gasteiger partial charge in [-0.2, -0.15) is 0 Å². The minimum absolute atomic E-state index is 0.399. The van der Waals surface area contributed by atoms with Crippen molar-refractivity contribution in [3.8, 4) is 45.8 Å². The van der Waals surface area contributed by atoms with Crippen LogP contribution in [0.1, 0.15) is 11.7 Å². The van der Waals surface area contributed by atoms with E-state index in [2.05, 4.69) is 0 Å². The van der Waals surface area contributed by atoms with Crippen LogP contribution in [-0.4, -0.2) is 82.1 Å². The van der Waals surface area contributed by atoms with Crippen molar-refractivity contribution in [3.05, 3.63) is 34.0 Å². The minimum atomic E-state index is -1.90. The standard InChI is InChI=1S/C21H20O13/c22-4-11-14(27)17(30)19(32)21(34-11)12-9(26)3-10-13(15(12)28)16(29)18(31)20(33-10)5-1-7(24)8(25)2-6(5)23/h1-3,11,14,17,19,21-28,30-32H,4H2/t11-,14-,17+,19-,21+/m1/s1. The molecule has 0 amide bonds. The number of aliphatic hydroxyl groups excluding tert-OH is 4. The van der Waals surface area contributed by atoms with Crippen molar-refractivity contribution in [2.75, 3.05) is 6.61 Å². The Hall–Kier alpha value is -3.75. The lowest BCUT2D eigenvalue weighted by Gasteiger charge is -2.40. The van der Waals surface area contributed by atoms with Gasteiger partial charge in [-0.05, 0) is 6.07 Å². The molecule has 10 N–H and O–H groups in total. The zero-order chi connectivity index (χ0) is 25.1. The number of phenols is 5. The number of fused-ring (bicyclic) bond motifs is 1. The van der Waals surface area contributed by atoms with Gasteiger partial charge < -0.3 is 60.2 Å². The molecule has 182 valence electrons. The number of benzene rings is 2. The quantitative estimate of drug-likeness (QED) is 0.163. The van der Waals surface area contributed by atoms with Crippen LogP contribution in [0.4, 0.5) is 0 Å². The first kappa shape index (κ1) is 23.4. The summed E-state index contributed by atoms with van der Waals surface area (Å²) < 4.78 is 10.7. The molecule has 0 unspecified atom stereocenters. The Labute approximate surface area is 188 Å². The van der Waals surface area contributed by atoms with Crippen LogP contribution in [-0.2, 0) is 4.74 Å². The van der Waals surface area contributed by atoms with E-state index in [9.17, 15) is 55.9 Å². The molecule has 1 aliphatic rings. The molecule has 13 heteroatoms. The molecule has 4 rings (SSSR count). The van der Waals surface area contributed by atoms with Gasteiger partial charge in [0.2, 0.25) is 11.2 Å². The van der Waals surface area contributed by atoms with Crippen molar-refractivity contribution in [1.82, 2.24) is 0 Å². The third-order valence-corrected chi connectivity index (χ3v) is 5.67. The molecular weight excluding hydrogens is 460 g/mol. The molecule has 3 aromatic rings. The first-order chi connectivity index (χ1) is 16.0. The van der Waals surface area contributed by atoms with Gasteiger partial charge in [0.15, 0.2) is 17.3 Å². The van der Waals surface area contributed by atoms with Gasteiger partial charge in [-0.25, -0.2) is 0 Å². The van der Waals surface area contributed by atoms with E-state index < -0.39 is 105 Å². The third-order valence-electron chi connectivity index (χ3n) is 5.67. The highest BCUT2D eigenvalue weighted by molar-refractivity contribution is 5.90. The molecule has 13 nitrogen and oxygen atoms in total. The van der Waals surface area contributed by atoms with Crippen LogP contribution in [0.5, 0.6) is 34.5 Å². The topological polar surface area (TPSA) is 242 Å². The molecule has 5 atom stereocenters. The number of hydrogen-bond acceptors (Lipinski definition) is 13. The molecule has 1 saturated heterocycles. The van der Waals surface area contributed by atoms with Crippen molar-refractivity contribution in [2.24, 2.45) is 0 Å². The molecule has 0 bridgehead atoms. The molecular formula is C21H20O13. The zero-order valence-corrected chi connectivity index (χ0v) is 17.0. The molecule has 0 spiro atoms. The van der Waals surface area contributed by atoms with Crippen molar-refractivity contribution in [1.29, 1.82) is 0 Å². The number of hydrogen-bond donors (Lipinski definition) is 10. The van der Waals surface area contributed by atoms with Crippen molar-refractivity contribution in [2.45, 2.75) is 30.5 Å². The molecule has 2 aromatic carbocycles. The monoisotopic (exact) mass is 480 g/mol. The Morgan fingerprint density at radius 2 is 1.41 bits per heavy atom. The van der Waals surface area contributed by atoms with Crippen LogP contribution >= 0.6 is 0 Å². The lowest BCUT2D eigenvalue weighted by Crippen LogP contribution is -2.55. The molecule has 1 aromatic heterocycles. The van der Waals surface area contributed by atoms with Gasteiger partial charge in [-0.15, -0.1) is 0 Å². The Balaban J connectivity index is 1.93. The average Bonchev–Trinajstić information content (AvgIpc) is 2.78. The molecule has 2 heterocycles. The summed E-state index contributed by atoms with van der Waals surface area (Å²) in [6.45, 7) is -0.786. The first-order valence-corrected chi connectivity index (χ1v) is 9.78. The first-order valence-electron chi connectivity index (χ1n) is 9.78. The SMILES string of the molecule is O=c1c(O)c(-c2cc(O)c(O)cc2O)oc2cc(O)c([C@@H]3O[C@H](CO)[C@@H](O)[C@H](O)[C@H]3O)c(O)c12. The second-order valence-electron chi connectivity index (χ2n) is 7.75. The Morgan fingerprint density at radius 3 is 2.06 bits per heavy atom. The fraction of sp³-hybridized carbons (Fsp3) is 0.286. The lowest BCUT2D eigenvalue weighted by molar-refractivity contribution is -0.232. The zero-order valence-electron chi connectivity index (χ0n) is 17.0. The predicted molar refractivity (Wildman–Crippen MR) is 111 cm³/mol. The molecule has 34 heavy (non-hydrogen) atoms. The van der Waals surface area contributed by atoms with Crippen molar-refractivity contribution < 1.29 is 60.2 Å². The fourth-order valence-electron chi connectivity index (χ4n) is 3.88. The smallest absolute Gasteiger partial charge is 0.238 e. The van der Waals surface area contributed by atoms with Crippen molar-refractivity contribution in [3.63, 3.8) is 0 Å². The normalized spacial score (nSPS) is 25.0. The summed E-state index contributed by atoms with van der Waals surface area (Å²) in [6.07, 6.45) is -8.55. The van der Waals surface area contributed by atoms with Crippen molar-refractivity contribution >= 4 is 11.0 Å². The number of phenolic OH excluding ortho intramolecular Hbond substituents is 5. The summed E-state index contributed by atoms with van der Waals surface area (Å²) in [5.74, 6) is -5.64. The molecule has 0 saturated carbocycles. The number of aliphatic hydroxyl groups is 4. The molecule has 1 fully saturated rings. The Bertz CT molecular complexity index is 1330. The van der Waals surface area contributed by atoms with Gasteiger partial charge in [-0.1, -0.05) is 0 Å². The molecule has 1 aliphatic heterocycles. The van der Waals surface area contributed by atoms with E-state index in [1.54, 1.807) is 0 Å². The van der Waals surface area contributed by atoms with Crippen LogP contribution < -0.4 is 5.43 Å². The average molecular weight is 480 g/mol. The van der Waals surface area contributed by atoms with Crippen LogP contribution in [0.25, 0.3) is 22.3 Å². The number of rotatable bonds is 3. The van der Waals surface area contributed by atoms with E-state index in [1.165, 1.54) is 0 Å². The van der Waals surface area contributed by atoms with Crippen LogP contribution in [0.2, 0.25) is 0 Å². The largest absolute Gasteiger partial charge is 0.507 e. The summed E-state index contributed by atoms with van der Waals surface area (Å²) >= 11 is 0. The predicted octanol–water partition coefficient (Wildman–Crippen LogP) is -0.791. The molecule has 0 radical (unpaired) electrons. The van der Waals surface area contributed by atoms with Gasteiger partial charge in [-0.3, -0.25) is 4.79 Å². The highest BCUT2D eigenvalue weighted by atomic mass is 16.5. The highest BCUT2D eigenvalue weighted by Gasteiger charge is 2.46. The molecule has 0 aliphatic carbocycles. The number of ether oxygens (including phenoxy) is 1. The second kappa shape index (κ2) is 8.23. The summed E-state index contributed by atoms with van der Waals surface area (Å²) in [6, 6.07) is 2.36. The Kier molecular flexibility index (Phi) is 5.67. The van der Waals surface area contributed by atoms with E-state index >= 15 is 0 Å². The second-order valence-corrected chi connectivity index (χ2v) is 7.75. The summed E-state index contributed by atoms with van der Waals surface area (Å²) in [4.78, 5) is 12.9. The fourth-order valence-corrected chi connectivity index (χ4v) is 3.88. The third kappa shape index (κ3) is 3.43. The summed E-state index contributed by atoms with van der Waals surface area (Å²) in [5.41, 5.74) is -2.72. The minimum Gasteiger partial charge on any atom is -0.507 e. The van der Waals surface area contributed by atoms with Gasteiger partial charge in [0.25, 0.3) is 0 Å². The number of aromatic hydroxyl groups is 6. The summed E-state index contributed by atoms with van der Waals surface area (Å²) in [7, 11) is 0. The van der Waals surface area contributed by atoms with E-state index in [1.807, 2.05) is 0 Å². The van der Waals surface area contributed by atoms with E-state index in [-0.39, 0.29) is 0 Å². The van der Waals surface area contributed by atoms with E-state index in [0.717, 1.165) is 18.2 Å². The van der Waals surface area contributed by atoms with Crippen LogP contribution in [0, 0.1) is 0 Å². The maximum Gasteiger partial charge on any atom is 0.238 e. The van der Waals surface area contributed by atoms with Gasteiger partial charge in [0.1, 0.15) is 58.7 Å². The van der Waals surface area contributed by atoms with E-state index in [0.29, 0.717) is 0 Å². The van der Waals surface area contributed by atoms with Gasteiger partial charge in [0.05, 0.1) is 17.7 Å². The Morgan fingerprint density at radius 1 is 0.765 bits per heavy atom. The van der Waals surface area contributed by atoms with Crippen LogP contribution in [0.3, 0.4) is 0 Å². The van der Waals surface area contributed by atoms with E-state index in [4.69, 9.17) is 9.15 Å². The highest BCUT2D eigenvalue weighted by Crippen LogP contribution is 2.47. The van der Waals surface area contributed by atoms with Gasteiger partial charge >= 0.3 is 0 Å². The summed E-state index contributed by atoms with van der Waals surface area (Å²) in [5, 5.41) is 99.9. The maximum absolute atomic E-state index is 12.9. The lowest BCUT2D eigenvalue weighted by atomic mass is 9.89.